The van der Waals surface area contributed by atoms with Crippen LogP contribution in [-0.2, 0) is 0 Å². The maximum absolute atomic E-state index is 5.60. The van der Waals surface area contributed by atoms with Gasteiger partial charge in [0.05, 0.1) is 6.61 Å². The molecule has 1 fully saturated rings. The lowest BCUT2D eigenvalue weighted by Gasteiger charge is -2.04. The van der Waals surface area contributed by atoms with Crippen molar-refractivity contribution in [3.8, 4) is 5.75 Å². The molecule has 1 aliphatic rings. The highest BCUT2D eigenvalue weighted by Crippen LogP contribution is 2.30. The fourth-order valence-electron chi connectivity index (χ4n) is 1.10. The van der Waals surface area contributed by atoms with E-state index in [0.29, 0.717) is 0 Å². The van der Waals surface area contributed by atoms with Crippen molar-refractivity contribution in [2.45, 2.75) is 17.7 Å². The Labute approximate surface area is 87.7 Å². The Balaban J connectivity index is 1.88. The Morgan fingerprint density at radius 1 is 1.31 bits per heavy atom. The lowest BCUT2D eigenvalue weighted by Crippen LogP contribution is -1.98. The maximum atomic E-state index is 5.60. The van der Waals surface area contributed by atoms with Crippen molar-refractivity contribution in [3.63, 3.8) is 0 Å². The van der Waals surface area contributed by atoms with E-state index in [4.69, 9.17) is 4.74 Å². The topological polar surface area (TPSA) is 9.23 Å². The van der Waals surface area contributed by atoms with E-state index < -0.39 is 0 Å². The summed E-state index contributed by atoms with van der Waals surface area (Å²) < 4.78 is 5.60. The summed E-state index contributed by atoms with van der Waals surface area (Å²) in [5.41, 5.74) is 0. The highest BCUT2D eigenvalue weighted by molar-refractivity contribution is 8.68. The van der Waals surface area contributed by atoms with Gasteiger partial charge in [0, 0.05) is 4.90 Å². The van der Waals surface area contributed by atoms with Crippen molar-refractivity contribution in [2.24, 2.45) is 5.92 Å². The molecule has 0 radical (unpaired) electrons. The number of benzene rings is 1. The second-order valence-corrected chi connectivity index (χ2v) is 4.52. The zero-order valence-electron chi connectivity index (χ0n) is 7.27. The fourth-order valence-corrected chi connectivity index (χ4v) is 1.72. The molecule has 0 spiro atoms. The van der Waals surface area contributed by atoms with E-state index >= 15 is 0 Å². The molecule has 70 valence electrons. The molecule has 0 bridgehead atoms. The van der Waals surface area contributed by atoms with Gasteiger partial charge < -0.3 is 4.74 Å². The molecule has 1 nitrogen and oxygen atoms in total. The Kier molecular flexibility index (Phi) is 3.06. The number of rotatable bonds is 4. The zero-order chi connectivity index (χ0) is 9.10. The molecular formula is C10H12OS2. The Morgan fingerprint density at radius 3 is 2.54 bits per heavy atom. The molecule has 3 heteroatoms. The molecular weight excluding hydrogens is 200 g/mol. The van der Waals surface area contributed by atoms with E-state index in [1.165, 1.54) is 23.6 Å². The van der Waals surface area contributed by atoms with Gasteiger partial charge in [-0.2, -0.15) is 0 Å². The van der Waals surface area contributed by atoms with E-state index in [-0.39, 0.29) is 0 Å². The average molecular weight is 212 g/mol. The van der Waals surface area contributed by atoms with Crippen molar-refractivity contribution in [3.05, 3.63) is 24.3 Å². The van der Waals surface area contributed by atoms with Gasteiger partial charge in [0.25, 0.3) is 0 Å². The van der Waals surface area contributed by atoms with Crippen LogP contribution >= 0.6 is 22.5 Å². The van der Waals surface area contributed by atoms with Gasteiger partial charge >= 0.3 is 0 Å². The van der Waals surface area contributed by atoms with E-state index in [0.717, 1.165) is 23.2 Å². The summed E-state index contributed by atoms with van der Waals surface area (Å²) in [5.74, 6) is 1.79. The van der Waals surface area contributed by atoms with Crippen LogP contribution in [0.5, 0.6) is 5.75 Å². The minimum Gasteiger partial charge on any atom is -0.493 e. The summed E-state index contributed by atoms with van der Waals surface area (Å²) in [7, 11) is 1.45. The van der Waals surface area contributed by atoms with Crippen molar-refractivity contribution >= 4 is 22.5 Å². The van der Waals surface area contributed by atoms with Gasteiger partial charge in [-0.1, -0.05) is 10.8 Å². The third kappa shape index (κ3) is 2.85. The summed E-state index contributed by atoms with van der Waals surface area (Å²) in [6.07, 6.45) is 2.68. The number of hydrogen-bond acceptors (Lipinski definition) is 3. The van der Waals surface area contributed by atoms with E-state index in [2.05, 4.69) is 11.7 Å². The molecule has 2 rings (SSSR count). The van der Waals surface area contributed by atoms with Crippen LogP contribution in [0.1, 0.15) is 12.8 Å². The van der Waals surface area contributed by atoms with E-state index in [9.17, 15) is 0 Å². The molecule has 0 aromatic heterocycles. The third-order valence-corrected chi connectivity index (χ3v) is 3.23. The summed E-state index contributed by atoms with van der Waals surface area (Å²) in [5, 5.41) is 0. The van der Waals surface area contributed by atoms with Gasteiger partial charge in [-0.25, -0.2) is 0 Å². The Morgan fingerprint density at radius 2 is 2.00 bits per heavy atom. The minimum atomic E-state index is 0.818. The largest absolute Gasteiger partial charge is 0.493 e. The number of ether oxygens (including phenoxy) is 1. The summed E-state index contributed by atoms with van der Waals surface area (Å²) in [6, 6.07) is 8.06. The van der Waals surface area contributed by atoms with Gasteiger partial charge in [0.2, 0.25) is 0 Å². The molecule has 0 N–H and O–H groups in total. The molecule has 0 saturated heterocycles. The molecule has 0 unspecified atom stereocenters. The monoisotopic (exact) mass is 212 g/mol. The van der Waals surface area contributed by atoms with Crippen molar-refractivity contribution in [1.82, 2.24) is 0 Å². The molecule has 1 aliphatic carbocycles. The average Bonchev–Trinajstić information content (AvgIpc) is 2.99. The van der Waals surface area contributed by atoms with Gasteiger partial charge in [0.15, 0.2) is 0 Å². The quantitative estimate of drug-likeness (QED) is 0.605. The van der Waals surface area contributed by atoms with Crippen LogP contribution < -0.4 is 4.74 Å². The molecule has 1 aromatic rings. The smallest absolute Gasteiger partial charge is 0.119 e. The summed E-state index contributed by atoms with van der Waals surface area (Å²) in [6.45, 7) is 0.882. The highest BCUT2D eigenvalue weighted by atomic mass is 33.1. The first kappa shape index (κ1) is 9.28. The van der Waals surface area contributed by atoms with Crippen molar-refractivity contribution in [1.29, 1.82) is 0 Å². The molecule has 0 amide bonds. The summed E-state index contributed by atoms with van der Waals surface area (Å²) >= 11 is 4.12. The standard InChI is InChI=1S/C10H12OS2/c12-13-10-5-3-9(4-6-10)11-7-8-1-2-8/h3-6,8,12H,1-2,7H2. The van der Waals surface area contributed by atoms with Crippen LogP contribution in [0.3, 0.4) is 0 Å². The first-order chi connectivity index (χ1) is 6.38. The normalized spacial score (nSPS) is 15.8. The molecule has 0 atom stereocenters. The number of thiol groups is 1. The Hall–Kier alpha value is -0.280. The highest BCUT2D eigenvalue weighted by Gasteiger charge is 2.21. The van der Waals surface area contributed by atoms with Crippen molar-refractivity contribution in [2.75, 3.05) is 6.61 Å². The van der Waals surface area contributed by atoms with Crippen LogP contribution in [0.4, 0.5) is 0 Å². The SMILES string of the molecule is SSc1ccc(OCC2CC2)cc1. The summed E-state index contributed by atoms with van der Waals surface area (Å²) in [4.78, 5) is 1.15. The molecule has 0 heterocycles. The van der Waals surface area contributed by atoms with Crippen LogP contribution in [0, 0.1) is 5.92 Å². The second kappa shape index (κ2) is 4.29. The lowest BCUT2D eigenvalue weighted by atomic mass is 10.3. The third-order valence-electron chi connectivity index (χ3n) is 2.11. The molecule has 1 saturated carbocycles. The predicted octanol–water partition coefficient (Wildman–Crippen LogP) is 3.41. The van der Waals surface area contributed by atoms with E-state index in [1.807, 2.05) is 24.3 Å². The molecule has 13 heavy (non-hydrogen) atoms. The number of hydrogen-bond donors (Lipinski definition) is 1. The Bertz CT molecular complexity index is 267. The second-order valence-electron chi connectivity index (χ2n) is 3.32. The van der Waals surface area contributed by atoms with Crippen LogP contribution in [-0.4, -0.2) is 6.61 Å². The molecule has 0 aliphatic heterocycles. The maximum Gasteiger partial charge on any atom is 0.119 e. The zero-order valence-corrected chi connectivity index (χ0v) is 8.98. The van der Waals surface area contributed by atoms with Crippen LogP contribution in [0.2, 0.25) is 0 Å². The first-order valence-electron chi connectivity index (χ1n) is 4.43. The first-order valence-corrected chi connectivity index (χ1v) is 6.29. The van der Waals surface area contributed by atoms with E-state index in [1.54, 1.807) is 0 Å². The predicted molar refractivity (Wildman–Crippen MR) is 59.5 cm³/mol. The fraction of sp³-hybridized carbons (Fsp3) is 0.400. The van der Waals surface area contributed by atoms with Gasteiger partial charge in [-0.15, -0.1) is 11.7 Å². The minimum absolute atomic E-state index is 0.818. The van der Waals surface area contributed by atoms with Crippen molar-refractivity contribution < 1.29 is 4.74 Å². The lowest BCUT2D eigenvalue weighted by molar-refractivity contribution is 0.299. The van der Waals surface area contributed by atoms with Crippen LogP contribution in [0.15, 0.2) is 29.2 Å². The van der Waals surface area contributed by atoms with Gasteiger partial charge in [-0.05, 0) is 43.0 Å². The van der Waals surface area contributed by atoms with Crippen LogP contribution in [0.25, 0.3) is 0 Å². The van der Waals surface area contributed by atoms with Gasteiger partial charge in [-0.3, -0.25) is 0 Å². The van der Waals surface area contributed by atoms with Gasteiger partial charge in [0.1, 0.15) is 5.75 Å². The molecule has 1 aromatic carbocycles.